The van der Waals surface area contributed by atoms with Gasteiger partial charge in [-0.2, -0.15) is 4.98 Å². The molecular weight excluding hydrogens is 268 g/mol. The van der Waals surface area contributed by atoms with Crippen LogP contribution in [0.2, 0.25) is 5.28 Å². The number of nitrogens with zero attached hydrogens (tertiary/aromatic N) is 4. The molecule has 7 heteroatoms. The van der Waals surface area contributed by atoms with Crippen molar-refractivity contribution in [3.05, 3.63) is 22.0 Å². The SMILES string of the molecule is Cn1c(=O)n(C23CC(CO)(C2)C3)c2nc(Cl)ncc21. The summed E-state index contributed by atoms with van der Waals surface area (Å²) in [5, 5.41) is 9.49. The summed E-state index contributed by atoms with van der Waals surface area (Å²) >= 11 is 5.84. The van der Waals surface area contributed by atoms with Crippen LogP contribution in [-0.4, -0.2) is 30.8 Å². The number of hydrogen-bond acceptors (Lipinski definition) is 4. The number of aromatic nitrogens is 4. The van der Waals surface area contributed by atoms with Crippen molar-refractivity contribution < 1.29 is 5.11 Å². The lowest BCUT2D eigenvalue weighted by Crippen LogP contribution is -2.70. The Morgan fingerprint density at radius 2 is 2.16 bits per heavy atom. The summed E-state index contributed by atoms with van der Waals surface area (Å²) in [5.41, 5.74) is 1.07. The predicted octanol–water partition coefficient (Wildman–Crippen LogP) is 0.655. The van der Waals surface area contributed by atoms with Gasteiger partial charge in [-0.1, -0.05) is 0 Å². The van der Waals surface area contributed by atoms with E-state index in [0.29, 0.717) is 11.2 Å². The number of fused-ring (bicyclic) bond motifs is 1. The van der Waals surface area contributed by atoms with Crippen LogP contribution in [0, 0.1) is 5.41 Å². The lowest BCUT2D eigenvalue weighted by atomic mass is 9.39. The molecule has 0 unspecified atom stereocenters. The van der Waals surface area contributed by atoms with E-state index in [-0.39, 0.29) is 28.5 Å². The second kappa shape index (κ2) is 3.19. The van der Waals surface area contributed by atoms with Gasteiger partial charge in [-0.15, -0.1) is 0 Å². The van der Waals surface area contributed by atoms with E-state index in [9.17, 15) is 9.90 Å². The first-order chi connectivity index (χ1) is 9.00. The third-order valence-corrected chi connectivity index (χ3v) is 4.88. The number of aliphatic hydroxyl groups is 1. The molecule has 0 saturated heterocycles. The molecule has 0 aromatic carbocycles. The minimum Gasteiger partial charge on any atom is -0.396 e. The lowest BCUT2D eigenvalue weighted by Gasteiger charge is -2.70. The Hall–Kier alpha value is -1.40. The van der Waals surface area contributed by atoms with Crippen molar-refractivity contribution in [3.8, 4) is 0 Å². The second-order valence-electron chi connectivity index (χ2n) is 5.94. The van der Waals surface area contributed by atoms with E-state index in [4.69, 9.17) is 11.6 Å². The second-order valence-corrected chi connectivity index (χ2v) is 6.28. The summed E-state index contributed by atoms with van der Waals surface area (Å²) in [7, 11) is 1.71. The Balaban J connectivity index is 1.94. The van der Waals surface area contributed by atoms with Crippen molar-refractivity contribution in [2.45, 2.75) is 24.8 Å². The Labute approximate surface area is 113 Å². The van der Waals surface area contributed by atoms with Crippen LogP contribution in [0.15, 0.2) is 11.0 Å². The summed E-state index contributed by atoms with van der Waals surface area (Å²) in [6.07, 6.45) is 4.11. The van der Waals surface area contributed by atoms with E-state index in [1.54, 1.807) is 22.4 Å². The van der Waals surface area contributed by atoms with Crippen molar-refractivity contribution in [2.75, 3.05) is 6.61 Å². The van der Waals surface area contributed by atoms with Gasteiger partial charge >= 0.3 is 5.69 Å². The predicted molar refractivity (Wildman–Crippen MR) is 69.1 cm³/mol. The number of aliphatic hydroxyl groups excluding tert-OH is 1. The van der Waals surface area contributed by atoms with Crippen molar-refractivity contribution in [2.24, 2.45) is 12.5 Å². The fourth-order valence-corrected chi connectivity index (χ4v) is 3.99. The van der Waals surface area contributed by atoms with Crippen LogP contribution >= 0.6 is 11.6 Å². The summed E-state index contributed by atoms with van der Waals surface area (Å²) in [6.45, 7) is 0.198. The fraction of sp³-hybridized carbons (Fsp3) is 0.583. The van der Waals surface area contributed by atoms with Crippen LogP contribution in [0.4, 0.5) is 0 Å². The average molecular weight is 281 g/mol. The van der Waals surface area contributed by atoms with Gasteiger partial charge in [0.2, 0.25) is 5.28 Å². The number of imidazole rings is 1. The van der Waals surface area contributed by atoms with Gasteiger partial charge < -0.3 is 5.11 Å². The van der Waals surface area contributed by atoms with E-state index in [2.05, 4.69) is 9.97 Å². The van der Waals surface area contributed by atoms with Gasteiger partial charge in [-0.25, -0.2) is 9.78 Å². The summed E-state index contributed by atoms with van der Waals surface area (Å²) < 4.78 is 3.30. The summed E-state index contributed by atoms with van der Waals surface area (Å²) in [4.78, 5) is 20.6. The van der Waals surface area contributed by atoms with E-state index in [1.807, 2.05) is 0 Å². The highest BCUT2D eigenvalue weighted by molar-refractivity contribution is 6.28. The van der Waals surface area contributed by atoms with Gasteiger partial charge in [0.1, 0.15) is 5.52 Å². The highest BCUT2D eigenvalue weighted by Crippen LogP contribution is 2.71. The number of halogens is 1. The highest BCUT2D eigenvalue weighted by atomic mass is 35.5. The van der Waals surface area contributed by atoms with Crippen molar-refractivity contribution >= 4 is 22.8 Å². The molecule has 2 aromatic rings. The molecule has 2 bridgehead atoms. The molecule has 1 N–H and O–H groups in total. The zero-order valence-electron chi connectivity index (χ0n) is 10.4. The number of aryl methyl sites for hydroxylation is 1. The maximum absolute atomic E-state index is 12.4. The van der Waals surface area contributed by atoms with Gasteiger partial charge in [-0.3, -0.25) is 9.13 Å². The average Bonchev–Trinajstić information content (AvgIpc) is 2.51. The first-order valence-corrected chi connectivity index (χ1v) is 6.60. The maximum atomic E-state index is 12.4. The molecule has 3 aliphatic rings. The molecule has 6 nitrogen and oxygen atoms in total. The monoisotopic (exact) mass is 280 g/mol. The van der Waals surface area contributed by atoms with Crippen molar-refractivity contribution in [3.63, 3.8) is 0 Å². The van der Waals surface area contributed by atoms with Crippen LogP contribution in [-0.2, 0) is 12.6 Å². The molecule has 3 fully saturated rings. The zero-order valence-corrected chi connectivity index (χ0v) is 11.2. The zero-order chi connectivity index (χ0) is 13.4. The summed E-state index contributed by atoms with van der Waals surface area (Å²) in [5.74, 6) is 0. The van der Waals surface area contributed by atoms with Gasteiger partial charge in [0.25, 0.3) is 0 Å². The smallest absolute Gasteiger partial charge is 0.330 e. The third kappa shape index (κ3) is 1.19. The van der Waals surface area contributed by atoms with Crippen LogP contribution in [0.3, 0.4) is 0 Å². The molecule has 100 valence electrons. The third-order valence-electron chi connectivity index (χ3n) is 4.69. The molecule has 2 heterocycles. The van der Waals surface area contributed by atoms with Crippen LogP contribution in [0.1, 0.15) is 19.3 Å². The van der Waals surface area contributed by atoms with Gasteiger partial charge in [0.15, 0.2) is 5.65 Å². The molecule has 3 aliphatic carbocycles. The molecule has 0 amide bonds. The molecule has 0 spiro atoms. The molecule has 0 radical (unpaired) electrons. The Kier molecular flexibility index (Phi) is 1.92. The Morgan fingerprint density at radius 1 is 1.47 bits per heavy atom. The molecule has 0 aliphatic heterocycles. The molecule has 5 rings (SSSR count). The van der Waals surface area contributed by atoms with Crippen molar-refractivity contribution in [1.29, 1.82) is 0 Å². The normalized spacial score (nSPS) is 32.2. The van der Waals surface area contributed by atoms with Crippen LogP contribution in [0.25, 0.3) is 11.2 Å². The summed E-state index contributed by atoms with van der Waals surface area (Å²) in [6, 6.07) is 0. The molecular formula is C12H13ClN4O2. The van der Waals surface area contributed by atoms with E-state index < -0.39 is 0 Å². The molecule has 19 heavy (non-hydrogen) atoms. The quantitative estimate of drug-likeness (QED) is 0.820. The van der Waals surface area contributed by atoms with E-state index >= 15 is 0 Å². The lowest BCUT2D eigenvalue weighted by molar-refractivity contribution is -0.207. The topological polar surface area (TPSA) is 72.9 Å². The minimum atomic E-state index is -0.170. The molecule has 0 atom stereocenters. The fourth-order valence-electron chi connectivity index (χ4n) is 3.86. The largest absolute Gasteiger partial charge is 0.396 e. The van der Waals surface area contributed by atoms with E-state index in [0.717, 1.165) is 19.3 Å². The van der Waals surface area contributed by atoms with Crippen LogP contribution < -0.4 is 5.69 Å². The number of rotatable bonds is 2. The standard InChI is InChI=1S/C12H13ClN4O2/c1-16-7-2-14-9(13)15-8(7)17(10(16)19)12-3-11(4-12,5-12)6-18/h2,18H,3-6H2,1H3. The first kappa shape index (κ1) is 11.4. The van der Waals surface area contributed by atoms with Gasteiger partial charge in [0.05, 0.1) is 11.7 Å². The molecule has 2 aromatic heterocycles. The first-order valence-electron chi connectivity index (χ1n) is 6.22. The Bertz CT molecular complexity index is 743. The van der Waals surface area contributed by atoms with Gasteiger partial charge in [0, 0.05) is 19.1 Å². The van der Waals surface area contributed by atoms with Gasteiger partial charge in [-0.05, 0) is 30.9 Å². The molecule has 3 saturated carbocycles. The Morgan fingerprint density at radius 3 is 2.79 bits per heavy atom. The van der Waals surface area contributed by atoms with E-state index in [1.165, 1.54) is 0 Å². The van der Waals surface area contributed by atoms with Crippen LogP contribution in [0.5, 0.6) is 0 Å². The maximum Gasteiger partial charge on any atom is 0.330 e. The van der Waals surface area contributed by atoms with Crippen molar-refractivity contribution in [1.82, 2.24) is 19.1 Å². The highest BCUT2D eigenvalue weighted by Gasteiger charge is 2.69. The number of hydrogen-bond donors (Lipinski definition) is 1. The minimum absolute atomic E-state index is 0.0401.